The predicted molar refractivity (Wildman–Crippen MR) is 141 cm³/mol. The number of likely N-dealkylation sites (N-methyl/N-ethyl adjacent to an activating group) is 1. The van der Waals surface area contributed by atoms with Crippen molar-refractivity contribution < 1.29 is 22.7 Å². The smallest absolute Gasteiger partial charge is 0.290 e. The molecule has 0 spiro atoms. The topological polar surface area (TPSA) is 103 Å². The predicted octanol–water partition coefficient (Wildman–Crippen LogP) is 4.88. The summed E-state index contributed by atoms with van der Waals surface area (Å²) in [5.74, 6) is -0.716. The first-order valence-corrected chi connectivity index (χ1v) is 13.8. The van der Waals surface area contributed by atoms with E-state index in [4.69, 9.17) is 21.5 Å². The molecule has 1 aliphatic heterocycles. The van der Waals surface area contributed by atoms with E-state index in [1.54, 1.807) is 0 Å². The lowest BCUT2D eigenvalue weighted by atomic mass is 9.92. The van der Waals surface area contributed by atoms with Crippen LogP contribution in [0.1, 0.15) is 25.8 Å². The Kier molecular flexibility index (Phi) is 8.93. The summed E-state index contributed by atoms with van der Waals surface area (Å²) >= 11 is 7.69. The van der Waals surface area contributed by atoms with Gasteiger partial charge in [-0.2, -0.15) is 0 Å². The van der Waals surface area contributed by atoms with E-state index in [0.29, 0.717) is 5.69 Å². The van der Waals surface area contributed by atoms with E-state index in [9.17, 15) is 12.8 Å². The maximum Gasteiger partial charge on any atom is 0.290 e. The summed E-state index contributed by atoms with van der Waals surface area (Å²) < 4.78 is 42.5. The minimum Gasteiger partial charge on any atom is -0.483 e. The van der Waals surface area contributed by atoms with Gasteiger partial charge in [0.15, 0.2) is 5.82 Å². The van der Waals surface area contributed by atoms with Crippen molar-refractivity contribution in [1.29, 1.82) is 0 Å². The van der Waals surface area contributed by atoms with Crippen LogP contribution < -0.4 is 9.62 Å². The minimum atomic E-state index is -4.15. The molecule has 1 atom stereocenters. The number of hydrogen-bond acceptors (Lipinski definition) is 7. The zero-order chi connectivity index (χ0) is 26.5. The Morgan fingerprint density at radius 2 is 1.97 bits per heavy atom. The molecule has 0 radical (unpaired) electrons. The Balaban J connectivity index is 0.00000115. The van der Waals surface area contributed by atoms with E-state index in [1.807, 2.05) is 30.1 Å². The Hall–Kier alpha value is -2.73. The van der Waals surface area contributed by atoms with Crippen LogP contribution in [-0.2, 0) is 20.4 Å². The van der Waals surface area contributed by atoms with Crippen LogP contribution >= 0.6 is 22.9 Å². The van der Waals surface area contributed by atoms with Crippen LogP contribution in [0.4, 0.5) is 15.9 Å². The second-order valence-corrected chi connectivity index (χ2v) is 11.5. The Morgan fingerprint density at radius 1 is 1.31 bits per heavy atom. The fourth-order valence-corrected chi connectivity index (χ4v) is 6.25. The maximum atomic E-state index is 15.0. The van der Waals surface area contributed by atoms with Gasteiger partial charge in [0.05, 0.1) is 16.2 Å². The summed E-state index contributed by atoms with van der Waals surface area (Å²) in [5.41, 5.74) is 3.04. The van der Waals surface area contributed by atoms with Crippen molar-refractivity contribution in [2.24, 2.45) is 0 Å². The highest BCUT2D eigenvalue weighted by atomic mass is 35.5. The molecule has 4 rings (SSSR count). The van der Waals surface area contributed by atoms with Gasteiger partial charge >= 0.3 is 0 Å². The van der Waals surface area contributed by atoms with Gasteiger partial charge in [0.25, 0.3) is 16.5 Å². The standard InChI is InChI=1S/C23H26ClFN4O2S2.CH2O2/c1-23(2,16-7-5-4-6-8-16)29-10-9-17(13-29)28(3)20-12-19(25)21(11-18(20)24)33(30,31)27-22-14-32-15-26-22;2-1-3/h4-8,11-12,14-15,17,27H,9-10,13H2,1-3H3;1H,(H,2,3). The van der Waals surface area contributed by atoms with Crippen LogP contribution in [0.15, 0.2) is 58.3 Å². The molecule has 1 fully saturated rings. The molecule has 2 N–H and O–H groups in total. The van der Waals surface area contributed by atoms with Crippen molar-refractivity contribution in [3.63, 3.8) is 0 Å². The molecule has 1 aliphatic rings. The molecule has 0 bridgehead atoms. The molecule has 8 nitrogen and oxygen atoms in total. The SMILES string of the molecule is CN(c1cc(F)c(S(=O)(=O)Nc2cscn2)cc1Cl)C1CCN(C(C)(C)c2ccccc2)C1.O=CO. The number of sulfonamides is 1. The number of anilines is 2. The Labute approximate surface area is 219 Å². The number of nitrogens with one attached hydrogen (secondary N) is 1. The second-order valence-electron chi connectivity index (χ2n) is 8.74. The third kappa shape index (κ3) is 6.15. The monoisotopic (exact) mass is 554 g/mol. The molecule has 0 amide bonds. The molecule has 1 saturated heterocycles. The summed E-state index contributed by atoms with van der Waals surface area (Å²) in [6.45, 7) is 5.82. The third-order valence-electron chi connectivity index (χ3n) is 6.32. The molecular weight excluding hydrogens is 527 g/mol. The number of likely N-dealkylation sites (tertiary alicyclic amines) is 1. The second kappa shape index (κ2) is 11.5. The van der Waals surface area contributed by atoms with Gasteiger partial charge in [0, 0.05) is 43.2 Å². The normalized spacial score (nSPS) is 16.2. The molecule has 0 aliphatic carbocycles. The zero-order valence-electron chi connectivity index (χ0n) is 20.1. The number of aromatic nitrogens is 1. The molecule has 194 valence electrons. The Morgan fingerprint density at radius 3 is 2.58 bits per heavy atom. The first-order chi connectivity index (χ1) is 17.0. The summed E-state index contributed by atoms with van der Waals surface area (Å²) in [5, 5.41) is 8.60. The van der Waals surface area contributed by atoms with Gasteiger partial charge < -0.3 is 10.0 Å². The summed E-state index contributed by atoms with van der Waals surface area (Å²) in [6, 6.07) is 12.8. The van der Waals surface area contributed by atoms with Crippen molar-refractivity contribution in [2.75, 3.05) is 29.8 Å². The average Bonchev–Trinajstić information content (AvgIpc) is 3.53. The van der Waals surface area contributed by atoms with E-state index < -0.39 is 20.7 Å². The van der Waals surface area contributed by atoms with Crippen LogP contribution in [0.5, 0.6) is 0 Å². The van der Waals surface area contributed by atoms with Gasteiger partial charge in [-0.05, 0) is 31.9 Å². The number of benzene rings is 2. The molecule has 2 aromatic carbocycles. The molecule has 12 heteroatoms. The van der Waals surface area contributed by atoms with Gasteiger partial charge in [0.2, 0.25) is 0 Å². The third-order valence-corrected chi connectivity index (χ3v) is 8.58. The van der Waals surface area contributed by atoms with E-state index in [1.165, 1.54) is 33.9 Å². The largest absolute Gasteiger partial charge is 0.483 e. The quantitative estimate of drug-likeness (QED) is 0.401. The number of rotatable bonds is 7. The molecule has 2 heterocycles. The number of carbonyl (C=O) groups is 1. The lowest BCUT2D eigenvalue weighted by molar-refractivity contribution is -0.122. The molecule has 3 aromatic rings. The first-order valence-electron chi connectivity index (χ1n) is 11.0. The number of hydrogen-bond donors (Lipinski definition) is 2. The van der Waals surface area contributed by atoms with Crippen molar-refractivity contribution in [1.82, 2.24) is 9.88 Å². The minimum absolute atomic E-state index is 0.112. The van der Waals surface area contributed by atoms with Crippen LogP contribution in [0.25, 0.3) is 0 Å². The highest BCUT2D eigenvalue weighted by Gasteiger charge is 2.36. The van der Waals surface area contributed by atoms with Gasteiger partial charge in [0.1, 0.15) is 10.7 Å². The number of carboxylic acid groups (broad SMARTS) is 1. The summed E-state index contributed by atoms with van der Waals surface area (Å²) in [7, 11) is -2.28. The van der Waals surface area contributed by atoms with Crippen molar-refractivity contribution in [3.05, 3.63) is 69.8 Å². The van der Waals surface area contributed by atoms with E-state index in [-0.39, 0.29) is 28.9 Å². The fraction of sp³-hybridized carbons (Fsp3) is 0.333. The molecule has 1 unspecified atom stereocenters. The van der Waals surface area contributed by atoms with Gasteiger partial charge in [-0.15, -0.1) is 11.3 Å². The average molecular weight is 555 g/mol. The molecule has 0 saturated carbocycles. The molecular formula is C24H28ClFN4O4S2. The summed E-state index contributed by atoms with van der Waals surface area (Å²) in [6.07, 6.45) is 0.885. The van der Waals surface area contributed by atoms with Crippen molar-refractivity contribution in [2.45, 2.75) is 36.7 Å². The van der Waals surface area contributed by atoms with Crippen LogP contribution in [0, 0.1) is 5.82 Å². The zero-order valence-corrected chi connectivity index (χ0v) is 22.4. The van der Waals surface area contributed by atoms with E-state index >= 15 is 0 Å². The number of nitrogens with zero attached hydrogens (tertiary/aromatic N) is 3. The Bertz CT molecular complexity index is 1270. The highest BCUT2D eigenvalue weighted by Crippen LogP contribution is 2.36. The van der Waals surface area contributed by atoms with E-state index in [2.05, 4.69) is 40.6 Å². The lowest BCUT2D eigenvalue weighted by Gasteiger charge is -2.37. The van der Waals surface area contributed by atoms with Gasteiger partial charge in [-0.3, -0.25) is 14.4 Å². The first kappa shape index (κ1) is 27.9. The highest BCUT2D eigenvalue weighted by molar-refractivity contribution is 7.92. The van der Waals surface area contributed by atoms with Crippen LogP contribution in [0.3, 0.4) is 0 Å². The number of thiazole rings is 1. The van der Waals surface area contributed by atoms with Crippen molar-refractivity contribution >= 4 is 50.9 Å². The van der Waals surface area contributed by atoms with Gasteiger partial charge in [-0.25, -0.2) is 17.8 Å². The maximum absolute atomic E-state index is 15.0. The number of halogens is 2. The molecule has 36 heavy (non-hydrogen) atoms. The fourth-order valence-electron chi connectivity index (χ4n) is 4.24. The summed E-state index contributed by atoms with van der Waals surface area (Å²) in [4.78, 5) is 16.1. The van der Waals surface area contributed by atoms with Gasteiger partial charge in [-0.1, -0.05) is 41.9 Å². The molecule has 1 aromatic heterocycles. The van der Waals surface area contributed by atoms with Crippen LogP contribution in [-0.4, -0.2) is 56.1 Å². The van der Waals surface area contributed by atoms with Crippen molar-refractivity contribution in [3.8, 4) is 0 Å². The lowest BCUT2D eigenvalue weighted by Crippen LogP contribution is -2.42. The van der Waals surface area contributed by atoms with E-state index in [0.717, 1.165) is 25.6 Å². The van der Waals surface area contributed by atoms with Crippen LogP contribution in [0.2, 0.25) is 5.02 Å².